The van der Waals surface area contributed by atoms with Crippen LogP contribution < -0.4 is 5.32 Å². The SMILES string of the molecule is CC(C)N(CC1CCCN1)C1CCCC(C)(C)CC1. The summed E-state index contributed by atoms with van der Waals surface area (Å²) < 4.78 is 0. The summed E-state index contributed by atoms with van der Waals surface area (Å²) in [6.45, 7) is 12.2. The van der Waals surface area contributed by atoms with Gasteiger partial charge in [-0.2, -0.15) is 0 Å². The standard InChI is InChI=1S/C17H34N2/c1-14(2)19(13-15-7-6-12-18-15)16-8-5-10-17(3,4)11-9-16/h14-16,18H,5-13H2,1-4H3. The Morgan fingerprint density at radius 1 is 1.11 bits per heavy atom. The van der Waals surface area contributed by atoms with Crippen LogP contribution in [0.5, 0.6) is 0 Å². The molecule has 0 spiro atoms. The van der Waals surface area contributed by atoms with E-state index in [1.54, 1.807) is 0 Å². The first kappa shape index (κ1) is 15.3. The Kier molecular flexibility index (Phi) is 5.30. The molecule has 2 aliphatic rings. The lowest BCUT2D eigenvalue weighted by Gasteiger charge is -2.36. The van der Waals surface area contributed by atoms with E-state index in [1.807, 2.05) is 0 Å². The highest BCUT2D eigenvalue weighted by Crippen LogP contribution is 2.35. The Bertz CT molecular complexity index is 266. The molecule has 1 heterocycles. The van der Waals surface area contributed by atoms with E-state index in [0.29, 0.717) is 11.5 Å². The fourth-order valence-electron chi connectivity index (χ4n) is 3.92. The van der Waals surface area contributed by atoms with Gasteiger partial charge in [0, 0.05) is 24.7 Å². The molecule has 2 nitrogen and oxygen atoms in total. The molecule has 0 aromatic heterocycles. The van der Waals surface area contributed by atoms with E-state index in [-0.39, 0.29) is 0 Å². The summed E-state index contributed by atoms with van der Waals surface area (Å²) in [7, 11) is 0. The minimum absolute atomic E-state index is 0.572. The van der Waals surface area contributed by atoms with Crippen molar-refractivity contribution in [2.45, 2.75) is 90.8 Å². The van der Waals surface area contributed by atoms with Gasteiger partial charge in [-0.3, -0.25) is 4.90 Å². The van der Waals surface area contributed by atoms with Crippen molar-refractivity contribution < 1.29 is 0 Å². The fraction of sp³-hybridized carbons (Fsp3) is 1.00. The molecular weight excluding hydrogens is 232 g/mol. The normalized spacial score (nSPS) is 31.9. The molecule has 2 rings (SSSR count). The molecule has 2 heteroatoms. The van der Waals surface area contributed by atoms with Crippen molar-refractivity contribution in [1.82, 2.24) is 10.2 Å². The number of nitrogens with zero attached hydrogens (tertiary/aromatic N) is 1. The molecule has 1 aliphatic heterocycles. The van der Waals surface area contributed by atoms with Gasteiger partial charge in [-0.15, -0.1) is 0 Å². The highest BCUT2D eigenvalue weighted by Gasteiger charge is 2.30. The van der Waals surface area contributed by atoms with Gasteiger partial charge in [0.25, 0.3) is 0 Å². The summed E-state index contributed by atoms with van der Waals surface area (Å²) in [6.07, 6.45) is 9.79. The fourth-order valence-corrected chi connectivity index (χ4v) is 3.92. The van der Waals surface area contributed by atoms with Crippen LogP contribution in [0.25, 0.3) is 0 Å². The summed E-state index contributed by atoms with van der Waals surface area (Å²) in [5.41, 5.74) is 0.572. The van der Waals surface area contributed by atoms with E-state index < -0.39 is 0 Å². The average molecular weight is 266 g/mol. The molecular formula is C17H34N2. The maximum absolute atomic E-state index is 3.67. The van der Waals surface area contributed by atoms with E-state index >= 15 is 0 Å². The second-order valence-corrected chi connectivity index (χ2v) is 7.83. The third kappa shape index (κ3) is 4.46. The smallest absolute Gasteiger partial charge is 0.0195 e. The zero-order valence-corrected chi connectivity index (χ0v) is 13.5. The van der Waals surface area contributed by atoms with Crippen LogP contribution in [0.4, 0.5) is 0 Å². The van der Waals surface area contributed by atoms with Gasteiger partial charge in [0.1, 0.15) is 0 Å². The number of hydrogen-bond donors (Lipinski definition) is 1. The third-order valence-electron chi connectivity index (χ3n) is 5.27. The Morgan fingerprint density at radius 3 is 2.53 bits per heavy atom. The zero-order chi connectivity index (χ0) is 13.9. The lowest BCUT2D eigenvalue weighted by Crippen LogP contribution is -2.47. The van der Waals surface area contributed by atoms with E-state index in [4.69, 9.17) is 0 Å². The van der Waals surface area contributed by atoms with Gasteiger partial charge in [-0.25, -0.2) is 0 Å². The predicted molar refractivity (Wildman–Crippen MR) is 83.5 cm³/mol. The van der Waals surface area contributed by atoms with Gasteiger partial charge in [0.2, 0.25) is 0 Å². The van der Waals surface area contributed by atoms with Crippen molar-refractivity contribution >= 4 is 0 Å². The van der Waals surface area contributed by atoms with Crippen molar-refractivity contribution in [3.05, 3.63) is 0 Å². The summed E-state index contributed by atoms with van der Waals surface area (Å²) >= 11 is 0. The van der Waals surface area contributed by atoms with E-state index in [2.05, 4.69) is 37.9 Å². The molecule has 0 amide bonds. The Balaban J connectivity index is 1.93. The van der Waals surface area contributed by atoms with E-state index in [1.165, 1.54) is 58.0 Å². The molecule has 2 atom stereocenters. The molecule has 1 N–H and O–H groups in total. The molecule has 112 valence electrons. The molecule has 1 saturated carbocycles. The maximum Gasteiger partial charge on any atom is 0.0195 e. The summed E-state index contributed by atoms with van der Waals surface area (Å²) in [5, 5.41) is 3.67. The van der Waals surface area contributed by atoms with E-state index in [9.17, 15) is 0 Å². The Hall–Kier alpha value is -0.0800. The summed E-state index contributed by atoms with van der Waals surface area (Å²) in [5.74, 6) is 0. The van der Waals surface area contributed by atoms with Crippen molar-refractivity contribution in [2.24, 2.45) is 5.41 Å². The van der Waals surface area contributed by atoms with Gasteiger partial charge >= 0.3 is 0 Å². The first-order chi connectivity index (χ1) is 8.98. The van der Waals surface area contributed by atoms with Gasteiger partial charge < -0.3 is 5.32 Å². The van der Waals surface area contributed by atoms with E-state index in [0.717, 1.165) is 12.1 Å². The Morgan fingerprint density at radius 2 is 1.89 bits per heavy atom. The molecule has 0 radical (unpaired) electrons. The van der Waals surface area contributed by atoms with Crippen LogP contribution >= 0.6 is 0 Å². The van der Waals surface area contributed by atoms with Crippen molar-refractivity contribution in [1.29, 1.82) is 0 Å². The van der Waals surface area contributed by atoms with Crippen LogP contribution in [0.3, 0.4) is 0 Å². The molecule has 2 fully saturated rings. The van der Waals surface area contributed by atoms with Crippen molar-refractivity contribution in [2.75, 3.05) is 13.1 Å². The number of hydrogen-bond acceptors (Lipinski definition) is 2. The predicted octanol–water partition coefficient (Wildman–Crippen LogP) is 3.81. The van der Waals surface area contributed by atoms with Crippen molar-refractivity contribution in [3.63, 3.8) is 0 Å². The van der Waals surface area contributed by atoms with Crippen LogP contribution in [0.1, 0.15) is 72.6 Å². The average Bonchev–Trinajstić information content (AvgIpc) is 2.77. The lowest BCUT2D eigenvalue weighted by atomic mass is 9.85. The van der Waals surface area contributed by atoms with Crippen LogP contribution in [0, 0.1) is 5.41 Å². The van der Waals surface area contributed by atoms with Crippen LogP contribution in [0.15, 0.2) is 0 Å². The van der Waals surface area contributed by atoms with Crippen molar-refractivity contribution in [3.8, 4) is 0 Å². The summed E-state index contributed by atoms with van der Waals surface area (Å²) in [4.78, 5) is 2.80. The van der Waals surface area contributed by atoms with Crippen LogP contribution in [0.2, 0.25) is 0 Å². The van der Waals surface area contributed by atoms with Gasteiger partial charge in [-0.1, -0.05) is 20.3 Å². The molecule has 19 heavy (non-hydrogen) atoms. The zero-order valence-electron chi connectivity index (χ0n) is 13.5. The van der Waals surface area contributed by atoms with Gasteiger partial charge in [0.15, 0.2) is 0 Å². The lowest BCUT2D eigenvalue weighted by molar-refractivity contribution is 0.124. The number of rotatable bonds is 4. The molecule has 1 saturated heterocycles. The quantitative estimate of drug-likeness (QED) is 0.779. The monoisotopic (exact) mass is 266 g/mol. The largest absolute Gasteiger partial charge is 0.313 e. The third-order valence-corrected chi connectivity index (χ3v) is 5.27. The molecule has 0 aromatic rings. The number of nitrogens with one attached hydrogen (secondary N) is 1. The molecule has 1 aliphatic carbocycles. The second kappa shape index (κ2) is 6.58. The second-order valence-electron chi connectivity index (χ2n) is 7.83. The molecule has 2 unspecified atom stereocenters. The molecule has 0 bridgehead atoms. The van der Waals surface area contributed by atoms with Gasteiger partial charge in [0.05, 0.1) is 0 Å². The van der Waals surface area contributed by atoms with Crippen LogP contribution in [-0.2, 0) is 0 Å². The van der Waals surface area contributed by atoms with Gasteiger partial charge in [-0.05, 0) is 64.3 Å². The minimum atomic E-state index is 0.572. The highest BCUT2D eigenvalue weighted by atomic mass is 15.2. The molecule has 0 aromatic carbocycles. The first-order valence-electron chi connectivity index (χ1n) is 8.47. The first-order valence-corrected chi connectivity index (χ1v) is 8.47. The highest BCUT2D eigenvalue weighted by molar-refractivity contribution is 4.86. The summed E-state index contributed by atoms with van der Waals surface area (Å²) in [6, 6.07) is 2.26. The topological polar surface area (TPSA) is 15.3 Å². The minimum Gasteiger partial charge on any atom is -0.313 e. The van der Waals surface area contributed by atoms with Crippen LogP contribution in [-0.4, -0.2) is 36.1 Å². The maximum atomic E-state index is 3.67. The Labute approximate surface area is 120 Å².